The Balaban J connectivity index is 2.26. The summed E-state index contributed by atoms with van der Waals surface area (Å²) in [5.41, 5.74) is 2.84. The van der Waals surface area contributed by atoms with Gasteiger partial charge in [-0.2, -0.15) is 0 Å². The number of Topliss-reactive ketones (excluding diaryl/α,β-unsaturated/α-hetero) is 1. The van der Waals surface area contributed by atoms with Crippen LogP contribution in [-0.2, 0) is 15.0 Å². The van der Waals surface area contributed by atoms with E-state index in [1.54, 1.807) is 19.1 Å². The molecule has 1 atom stereocenters. The van der Waals surface area contributed by atoms with Gasteiger partial charge in [0.05, 0.1) is 18.2 Å². The second-order valence-electron chi connectivity index (χ2n) is 9.43. The van der Waals surface area contributed by atoms with Crippen molar-refractivity contribution in [3.05, 3.63) is 64.2 Å². The number of nitrogens with zero attached hydrogens (tertiary/aromatic N) is 1. The summed E-state index contributed by atoms with van der Waals surface area (Å²) < 4.78 is 5.52. The van der Waals surface area contributed by atoms with Gasteiger partial charge in [-0.15, -0.1) is 0 Å². The van der Waals surface area contributed by atoms with Crippen LogP contribution >= 0.6 is 0 Å². The lowest BCUT2D eigenvalue weighted by atomic mass is 9.84. The fourth-order valence-corrected chi connectivity index (χ4v) is 4.16. The Morgan fingerprint density at radius 2 is 1.79 bits per heavy atom. The van der Waals surface area contributed by atoms with Gasteiger partial charge in [-0.05, 0) is 60.6 Å². The van der Waals surface area contributed by atoms with Gasteiger partial charge in [0.15, 0.2) is 11.5 Å². The average Bonchev–Trinajstić information content (AvgIpc) is 3.00. The van der Waals surface area contributed by atoms with Gasteiger partial charge in [0.2, 0.25) is 0 Å². The molecule has 33 heavy (non-hydrogen) atoms. The normalized spacial score (nSPS) is 18.1. The van der Waals surface area contributed by atoms with E-state index in [1.165, 1.54) is 11.0 Å². The first-order valence-corrected chi connectivity index (χ1v) is 11.4. The molecule has 2 aromatic carbocycles. The van der Waals surface area contributed by atoms with E-state index in [4.69, 9.17) is 4.74 Å². The Hall–Kier alpha value is -3.28. The Morgan fingerprint density at radius 1 is 1.09 bits per heavy atom. The van der Waals surface area contributed by atoms with Crippen LogP contribution in [0.15, 0.2) is 42.0 Å². The molecule has 6 heteroatoms. The molecule has 3 rings (SSSR count). The summed E-state index contributed by atoms with van der Waals surface area (Å²) in [6, 6.07) is 9.80. The van der Waals surface area contributed by atoms with Crippen LogP contribution < -0.4 is 4.74 Å². The number of aromatic hydroxyl groups is 1. The van der Waals surface area contributed by atoms with Crippen molar-refractivity contribution < 1.29 is 24.5 Å². The molecule has 176 valence electrons. The Kier molecular flexibility index (Phi) is 6.86. The van der Waals surface area contributed by atoms with Crippen molar-refractivity contribution in [2.24, 2.45) is 0 Å². The standard InChI is InChI=1S/C27H33NO5/c1-7-13-28-23(17-10-12-20(29)21(14-17)33-8-2)22(25(31)26(28)32)24(30)19-15-18(27(4,5)6)11-9-16(19)3/h9-12,14-15,23,29-30H,7-8,13H2,1-6H3/b24-22+. The zero-order chi connectivity index (χ0) is 24.5. The third kappa shape index (κ3) is 4.61. The van der Waals surface area contributed by atoms with Crippen molar-refractivity contribution >= 4 is 17.4 Å². The molecule has 6 nitrogen and oxygen atoms in total. The van der Waals surface area contributed by atoms with Crippen molar-refractivity contribution in [1.82, 2.24) is 4.90 Å². The number of rotatable bonds is 6. The molecular formula is C27H33NO5. The summed E-state index contributed by atoms with van der Waals surface area (Å²) in [5.74, 6) is -1.30. The summed E-state index contributed by atoms with van der Waals surface area (Å²) in [6.45, 7) is 12.5. The molecule has 1 saturated heterocycles. The van der Waals surface area contributed by atoms with Crippen LogP contribution in [0.5, 0.6) is 11.5 Å². The molecule has 1 heterocycles. The van der Waals surface area contributed by atoms with Gasteiger partial charge >= 0.3 is 0 Å². The van der Waals surface area contributed by atoms with E-state index in [0.717, 1.165) is 11.1 Å². The van der Waals surface area contributed by atoms with E-state index in [9.17, 15) is 19.8 Å². The molecule has 0 spiro atoms. The number of phenolic OH excluding ortho intramolecular Hbond substituents is 1. The maximum absolute atomic E-state index is 13.2. The number of aryl methyl sites for hydroxylation is 1. The molecular weight excluding hydrogens is 418 g/mol. The van der Waals surface area contributed by atoms with Crippen LogP contribution in [0.25, 0.3) is 5.76 Å². The van der Waals surface area contributed by atoms with Gasteiger partial charge in [0.1, 0.15) is 5.76 Å². The number of aliphatic hydroxyl groups is 1. The van der Waals surface area contributed by atoms with Crippen molar-refractivity contribution in [3.8, 4) is 11.5 Å². The number of carbonyl (C=O) groups is 2. The molecule has 0 radical (unpaired) electrons. The Morgan fingerprint density at radius 3 is 2.39 bits per heavy atom. The summed E-state index contributed by atoms with van der Waals surface area (Å²) >= 11 is 0. The van der Waals surface area contributed by atoms with Crippen molar-refractivity contribution in [1.29, 1.82) is 0 Å². The molecule has 1 amide bonds. The molecule has 1 aliphatic heterocycles. The zero-order valence-corrected chi connectivity index (χ0v) is 20.2. The minimum absolute atomic E-state index is 0.0261. The van der Waals surface area contributed by atoms with Crippen LogP contribution in [0, 0.1) is 6.92 Å². The number of amides is 1. The summed E-state index contributed by atoms with van der Waals surface area (Å²) in [5, 5.41) is 21.6. The molecule has 2 N–H and O–H groups in total. The molecule has 0 bridgehead atoms. The van der Waals surface area contributed by atoms with Gasteiger partial charge in [0.25, 0.3) is 11.7 Å². The highest BCUT2D eigenvalue weighted by Crippen LogP contribution is 2.42. The van der Waals surface area contributed by atoms with E-state index in [2.05, 4.69) is 20.8 Å². The molecule has 1 aliphatic rings. The number of likely N-dealkylation sites (tertiary alicyclic amines) is 1. The van der Waals surface area contributed by atoms with Gasteiger partial charge in [0, 0.05) is 12.1 Å². The Bertz CT molecular complexity index is 1110. The van der Waals surface area contributed by atoms with Gasteiger partial charge in [-0.1, -0.05) is 45.9 Å². The second-order valence-corrected chi connectivity index (χ2v) is 9.43. The topological polar surface area (TPSA) is 87.1 Å². The van der Waals surface area contributed by atoms with E-state index >= 15 is 0 Å². The molecule has 1 fully saturated rings. The number of benzene rings is 2. The zero-order valence-electron chi connectivity index (χ0n) is 20.2. The van der Waals surface area contributed by atoms with E-state index in [0.29, 0.717) is 30.7 Å². The quantitative estimate of drug-likeness (QED) is 0.357. The third-order valence-electron chi connectivity index (χ3n) is 5.96. The summed E-state index contributed by atoms with van der Waals surface area (Å²) in [7, 11) is 0. The van der Waals surface area contributed by atoms with E-state index in [1.807, 2.05) is 32.0 Å². The molecule has 0 aromatic heterocycles. The molecule has 0 aliphatic carbocycles. The fourth-order valence-electron chi connectivity index (χ4n) is 4.16. The van der Waals surface area contributed by atoms with Crippen molar-refractivity contribution in [2.75, 3.05) is 13.2 Å². The number of hydrogen-bond donors (Lipinski definition) is 2. The lowest BCUT2D eigenvalue weighted by Gasteiger charge is -2.26. The largest absolute Gasteiger partial charge is 0.507 e. The van der Waals surface area contributed by atoms with E-state index < -0.39 is 17.7 Å². The predicted octanol–water partition coefficient (Wildman–Crippen LogP) is 5.23. The summed E-state index contributed by atoms with van der Waals surface area (Å²) in [6.07, 6.45) is 0.651. The number of ketones is 1. The molecule has 0 saturated carbocycles. The van der Waals surface area contributed by atoms with Crippen molar-refractivity contribution in [2.45, 2.75) is 59.4 Å². The maximum Gasteiger partial charge on any atom is 0.295 e. The van der Waals surface area contributed by atoms with Crippen LogP contribution in [0.3, 0.4) is 0 Å². The number of aliphatic hydroxyl groups excluding tert-OH is 1. The van der Waals surface area contributed by atoms with Crippen LogP contribution in [0.4, 0.5) is 0 Å². The third-order valence-corrected chi connectivity index (χ3v) is 5.96. The lowest BCUT2D eigenvalue weighted by molar-refractivity contribution is -0.139. The van der Waals surface area contributed by atoms with E-state index in [-0.39, 0.29) is 28.2 Å². The van der Waals surface area contributed by atoms with Gasteiger partial charge < -0.3 is 19.8 Å². The predicted molar refractivity (Wildman–Crippen MR) is 128 cm³/mol. The van der Waals surface area contributed by atoms with Crippen molar-refractivity contribution in [3.63, 3.8) is 0 Å². The minimum Gasteiger partial charge on any atom is -0.507 e. The Labute approximate surface area is 195 Å². The maximum atomic E-state index is 13.2. The second kappa shape index (κ2) is 9.30. The molecule has 2 aromatic rings. The minimum atomic E-state index is -0.776. The first-order chi connectivity index (χ1) is 15.5. The number of carbonyl (C=O) groups excluding carboxylic acids is 2. The number of ether oxygens (including phenoxy) is 1. The monoisotopic (exact) mass is 451 g/mol. The highest BCUT2D eigenvalue weighted by molar-refractivity contribution is 6.46. The SMILES string of the molecule is CCCN1C(=O)C(=O)/C(=C(/O)c2cc(C(C)(C)C)ccc2C)C1c1ccc(O)c(OCC)c1. The first-order valence-electron chi connectivity index (χ1n) is 11.4. The average molecular weight is 452 g/mol. The van der Waals surface area contributed by atoms with Crippen LogP contribution in [0.2, 0.25) is 0 Å². The smallest absolute Gasteiger partial charge is 0.295 e. The first kappa shape index (κ1) is 24.4. The fraction of sp³-hybridized carbons (Fsp3) is 0.407. The lowest BCUT2D eigenvalue weighted by Crippen LogP contribution is -2.30. The number of phenols is 1. The molecule has 1 unspecified atom stereocenters. The highest BCUT2D eigenvalue weighted by atomic mass is 16.5. The highest BCUT2D eigenvalue weighted by Gasteiger charge is 2.46. The van der Waals surface area contributed by atoms with Gasteiger partial charge in [-0.3, -0.25) is 9.59 Å². The van der Waals surface area contributed by atoms with Crippen LogP contribution in [-0.4, -0.2) is 40.0 Å². The van der Waals surface area contributed by atoms with Gasteiger partial charge in [-0.25, -0.2) is 0 Å². The van der Waals surface area contributed by atoms with Crippen LogP contribution in [0.1, 0.15) is 69.3 Å². The summed E-state index contributed by atoms with van der Waals surface area (Å²) in [4.78, 5) is 27.6. The number of hydrogen-bond acceptors (Lipinski definition) is 5.